The van der Waals surface area contributed by atoms with Gasteiger partial charge in [0.1, 0.15) is 0 Å². The molecule has 1 aliphatic rings. The number of rotatable bonds is 6. The second-order valence-electron chi connectivity index (χ2n) is 9.02. The molecule has 5 heteroatoms. The van der Waals surface area contributed by atoms with E-state index >= 15 is 0 Å². The van der Waals surface area contributed by atoms with Gasteiger partial charge in [-0.2, -0.15) is 0 Å². The minimum absolute atomic E-state index is 0.0870. The Morgan fingerprint density at radius 1 is 0.694 bits per heavy atom. The van der Waals surface area contributed by atoms with Gasteiger partial charge in [0.05, 0.1) is 11.4 Å². The predicted octanol–water partition coefficient (Wildman–Crippen LogP) is 6.48. The highest BCUT2D eigenvalue weighted by atomic mass is 16.2. The van der Waals surface area contributed by atoms with Crippen molar-refractivity contribution in [2.24, 2.45) is 0 Å². The van der Waals surface area contributed by atoms with Gasteiger partial charge in [0.15, 0.2) is 0 Å². The summed E-state index contributed by atoms with van der Waals surface area (Å²) >= 11 is 0. The summed E-state index contributed by atoms with van der Waals surface area (Å²) in [5.74, 6) is -0.277. The summed E-state index contributed by atoms with van der Waals surface area (Å²) in [4.78, 5) is 30.0. The molecule has 1 aliphatic heterocycles. The molecule has 0 radical (unpaired) electrons. The van der Waals surface area contributed by atoms with Crippen molar-refractivity contribution in [2.45, 2.75) is 12.8 Å². The molecule has 5 rings (SSSR count). The van der Waals surface area contributed by atoms with E-state index in [9.17, 15) is 9.59 Å². The molecule has 0 unspecified atom stereocenters. The number of benzene rings is 4. The van der Waals surface area contributed by atoms with Crippen molar-refractivity contribution >= 4 is 28.9 Å². The standard InChI is InChI=1S/C31H29N3O2/c1-33(28-11-5-6-12-29(28)34-21-7-8-22-34)31(36)26-17-19-27(20-18-26)32-30(35)25-15-13-24(14-16-25)23-9-3-2-4-10-23/h2-6,9-20H,7-8,21-22H2,1H3,(H,32,35). The molecular weight excluding hydrogens is 446 g/mol. The maximum absolute atomic E-state index is 13.2. The number of carbonyl (C=O) groups is 2. The highest BCUT2D eigenvalue weighted by Gasteiger charge is 2.21. The molecule has 2 amide bonds. The number of anilines is 3. The normalized spacial score (nSPS) is 12.9. The van der Waals surface area contributed by atoms with Crippen molar-refractivity contribution in [2.75, 3.05) is 35.3 Å². The van der Waals surface area contributed by atoms with Gasteiger partial charge >= 0.3 is 0 Å². The summed E-state index contributed by atoms with van der Waals surface area (Å²) in [5.41, 5.74) is 5.95. The van der Waals surface area contributed by atoms with Crippen molar-refractivity contribution in [1.29, 1.82) is 0 Å². The molecule has 0 spiro atoms. The molecule has 1 N–H and O–H groups in total. The molecule has 1 heterocycles. The molecule has 1 saturated heterocycles. The number of nitrogens with one attached hydrogen (secondary N) is 1. The molecule has 36 heavy (non-hydrogen) atoms. The van der Waals surface area contributed by atoms with Crippen LogP contribution in [0.5, 0.6) is 0 Å². The van der Waals surface area contributed by atoms with Crippen molar-refractivity contribution in [3.63, 3.8) is 0 Å². The van der Waals surface area contributed by atoms with Crippen LogP contribution in [-0.4, -0.2) is 32.0 Å². The van der Waals surface area contributed by atoms with E-state index in [0.717, 1.165) is 35.6 Å². The van der Waals surface area contributed by atoms with Gasteiger partial charge in [0.25, 0.3) is 11.8 Å². The van der Waals surface area contributed by atoms with Gasteiger partial charge in [-0.3, -0.25) is 9.59 Å². The summed E-state index contributed by atoms with van der Waals surface area (Å²) in [6, 6.07) is 32.7. The topological polar surface area (TPSA) is 52.7 Å². The Morgan fingerprint density at radius 2 is 1.28 bits per heavy atom. The van der Waals surface area contributed by atoms with Crippen molar-refractivity contribution < 1.29 is 9.59 Å². The van der Waals surface area contributed by atoms with E-state index in [-0.39, 0.29) is 11.8 Å². The highest BCUT2D eigenvalue weighted by molar-refractivity contribution is 6.08. The average Bonchev–Trinajstić information content (AvgIpc) is 3.48. The molecule has 0 bridgehead atoms. The minimum atomic E-state index is -0.189. The lowest BCUT2D eigenvalue weighted by molar-refractivity contribution is 0.0991. The van der Waals surface area contributed by atoms with Crippen LogP contribution in [0.3, 0.4) is 0 Å². The van der Waals surface area contributed by atoms with E-state index in [1.165, 1.54) is 12.8 Å². The van der Waals surface area contributed by atoms with Gasteiger partial charge in [0, 0.05) is 37.0 Å². The van der Waals surface area contributed by atoms with Crippen LogP contribution in [0.25, 0.3) is 11.1 Å². The van der Waals surface area contributed by atoms with Crippen LogP contribution < -0.4 is 15.1 Å². The van der Waals surface area contributed by atoms with Gasteiger partial charge in [0.2, 0.25) is 0 Å². The lowest BCUT2D eigenvalue weighted by Gasteiger charge is -2.26. The van der Waals surface area contributed by atoms with Crippen LogP contribution in [0, 0.1) is 0 Å². The number of carbonyl (C=O) groups excluding carboxylic acids is 2. The first-order chi connectivity index (χ1) is 17.6. The van der Waals surface area contributed by atoms with Gasteiger partial charge in [-0.25, -0.2) is 0 Å². The Morgan fingerprint density at radius 3 is 1.97 bits per heavy atom. The SMILES string of the molecule is CN(C(=O)c1ccc(NC(=O)c2ccc(-c3ccccc3)cc2)cc1)c1ccccc1N1CCCC1. The van der Waals surface area contributed by atoms with Crippen molar-refractivity contribution in [3.05, 3.63) is 114 Å². The van der Waals surface area contributed by atoms with Crippen LogP contribution in [0.2, 0.25) is 0 Å². The van der Waals surface area contributed by atoms with Crippen LogP contribution in [-0.2, 0) is 0 Å². The Kier molecular flexibility index (Phi) is 6.80. The summed E-state index contributed by atoms with van der Waals surface area (Å²) in [5, 5.41) is 2.92. The second-order valence-corrected chi connectivity index (χ2v) is 9.02. The Balaban J connectivity index is 1.25. The third-order valence-electron chi connectivity index (χ3n) is 6.64. The Hall–Kier alpha value is -4.38. The number of para-hydroxylation sites is 2. The molecule has 180 valence electrons. The van der Waals surface area contributed by atoms with Crippen LogP contribution in [0.4, 0.5) is 17.1 Å². The molecule has 0 aliphatic carbocycles. The highest BCUT2D eigenvalue weighted by Crippen LogP contribution is 2.32. The zero-order valence-electron chi connectivity index (χ0n) is 20.4. The number of amides is 2. The predicted molar refractivity (Wildman–Crippen MR) is 147 cm³/mol. The fraction of sp³-hybridized carbons (Fsp3) is 0.161. The Labute approximate surface area is 212 Å². The van der Waals surface area contributed by atoms with E-state index in [1.807, 2.05) is 79.8 Å². The smallest absolute Gasteiger partial charge is 0.258 e. The quantitative estimate of drug-likeness (QED) is 0.347. The van der Waals surface area contributed by atoms with Crippen LogP contribution in [0.1, 0.15) is 33.6 Å². The zero-order chi connectivity index (χ0) is 24.9. The van der Waals surface area contributed by atoms with Crippen LogP contribution in [0.15, 0.2) is 103 Å². The van der Waals surface area contributed by atoms with E-state index in [4.69, 9.17) is 0 Å². The summed E-state index contributed by atoms with van der Waals surface area (Å²) in [6.07, 6.45) is 2.35. The summed E-state index contributed by atoms with van der Waals surface area (Å²) in [6.45, 7) is 2.03. The van der Waals surface area contributed by atoms with E-state index < -0.39 is 0 Å². The molecule has 4 aromatic carbocycles. The summed E-state index contributed by atoms with van der Waals surface area (Å²) < 4.78 is 0. The monoisotopic (exact) mass is 475 g/mol. The zero-order valence-corrected chi connectivity index (χ0v) is 20.4. The third kappa shape index (κ3) is 5.01. The third-order valence-corrected chi connectivity index (χ3v) is 6.64. The van der Waals surface area contributed by atoms with E-state index in [2.05, 4.69) is 16.3 Å². The van der Waals surface area contributed by atoms with Gasteiger partial charge < -0.3 is 15.1 Å². The fourth-order valence-corrected chi connectivity index (χ4v) is 4.62. The first kappa shape index (κ1) is 23.4. The van der Waals surface area contributed by atoms with Gasteiger partial charge in [-0.15, -0.1) is 0 Å². The second kappa shape index (κ2) is 10.5. The molecule has 0 saturated carbocycles. The molecule has 0 atom stereocenters. The number of hydrogen-bond acceptors (Lipinski definition) is 3. The summed E-state index contributed by atoms with van der Waals surface area (Å²) in [7, 11) is 1.81. The van der Waals surface area contributed by atoms with Gasteiger partial charge in [-0.1, -0.05) is 54.6 Å². The van der Waals surface area contributed by atoms with Gasteiger partial charge in [-0.05, 0) is 72.5 Å². The lowest BCUT2D eigenvalue weighted by atomic mass is 10.0. The molecule has 1 fully saturated rings. The van der Waals surface area contributed by atoms with E-state index in [1.54, 1.807) is 29.2 Å². The minimum Gasteiger partial charge on any atom is -0.370 e. The van der Waals surface area contributed by atoms with Crippen molar-refractivity contribution in [3.8, 4) is 11.1 Å². The fourth-order valence-electron chi connectivity index (χ4n) is 4.62. The molecule has 4 aromatic rings. The average molecular weight is 476 g/mol. The maximum Gasteiger partial charge on any atom is 0.258 e. The first-order valence-corrected chi connectivity index (χ1v) is 12.3. The maximum atomic E-state index is 13.2. The van der Waals surface area contributed by atoms with Crippen molar-refractivity contribution in [1.82, 2.24) is 0 Å². The number of hydrogen-bond donors (Lipinski definition) is 1. The molecule has 0 aromatic heterocycles. The Bertz CT molecular complexity index is 1340. The molecule has 5 nitrogen and oxygen atoms in total. The van der Waals surface area contributed by atoms with Crippen LogP contribution >= 0.6 is 0 Å². The molecular formula is C31H29N3O2. The van der Waals surface area contributed by atoms with E-state index in [0.29, 0.717) is 16.8 Å². The first-order valence-electron chi connectivity index (χ1n) is 12.3. The lowest BCUT2D eigenvalue weighted by Crippen LogP contribution is -2.29. The number of nitrogens with zero attached hydrogens (tertiary/aromatic N) is 2. The largest absolute Gasteiger partial charge is 0.370 e.